The zero-order chi connectivity index (χ0) is 14.1. The molecule has 0 bridgehead atoms. The number of aromatic nitrogens is 4. The highest BCUT2D eigenvalue weighted by atomic mass is 15.2. The molecule has 2 heterocycles. The van der Waals surface area contributed by atoms with Gasteiger partial charge >= 0.3 is 0 Å². The van der Waals surface area contributed by atoms with Crippen molar-refractivity contribution in [2.45, 2.75) is 13.8 Å². The number of para-hydroxylation sites is 1. The third-order valence-corrected chi connectivity index (χ3v) is 3.29. The topological polar surface area (TPSA) is 83.7 Å². The average Bonchev–Trinajstić information content (AvgIpc) is 2.89. The van der Waals surface area contributed by atoms with E-state index in [0.29, 0.717) is 5.65 Å². The van der Waals surface area contributed by atoms with Gasteiger partial charge in [-0.05, 0) is 25.5 Å². The van der Waals surface area contributed by atoms with Crippen LogP contribution in [-0.4, -0.2) is 26.7 Å². The fourth-order valence-electron chi connectivity index (χ4n) is 2.34. The number of aromatic amines is 1. The molecule has 20 heavy (non-hydrogen) atoms. The standard InChI is InChI=1S/C14H16N6/c1-3-20(11-7-5-4-6-9(11)2)13-10-8-16-19-12(10)17-14(15)18-13/h4-8H,3H2,1-2H3,(H3,15,16,17,18,19). The number of hydrogen-bond donors (Lipinski definition) is 2. The van der Waals surface area contributed by atoms with E-state index in [1.807, 2.05) is 12.1 Å². The molecule has 6 nitrogen and oxygen atoms in total. The van der Waals surface area contributed by atoms with Crippen molar-refractivity contribution < 1.29 is 0 Å². The molecular formula is C14H16N6. The zero-order valence-corrected chi connectivity index (χ0v) is 11.5. The van der Waals surface area contributed by atoms with Gasteiger partial charge in [-0.1, -0.05) is 18.2 Å². The summed E-state index contributed by atoms with van der Waals surface area (Å²) in [6.45, 7) is 4.94. The van der Waals surface area contributed by atoms with Crippen LogP contribution in [0.1, 0.15) is 12.5 Å². The third-order valence-electron chi connectivity index (χ3n) is 3.29. The summed E-state index contributed by atoms with van der Waals surface area (Å²) in [5.41, 5.74) is 8.74. The van der Waals surface area contributed by atoms with Crippen LogP contribution in [-0.2, 0) is 0 Å². The van der Waals surface area contributed by atoms with E-state index in [2.05, 4.69) is 51.0 Å². The molecule has 0 aliphatic rings. The van der Waals surface area contributed by atoms with Gasteiger partial charge in [0.1, 0.15) is 5.82 Å². The summed E-state index contributed by atoms with van der Waals surface area (Å²) in [5, 5.41) is 7.73. The van der Waals surface area contributed by atoms with Crippen LogP contribution in [0.5, 0.6) is 0 Å². The van der Waals surface area contributed by atoms with E-state index in [1.54, 1.807) is 6.20 Å². The number of nitrogens with two attached hydrogens (primary N) is 1. The lowest BCUT2D eigenvalue weighted by Crippen LogP contribution is -2.19. The highest BCUT2D eigenvalue weighted by molar-refractivity contribution is 5.90. The number of aryl methyl sites for hydroxylation is 1. The fraction of sp³-hybridized carbons (Fsp3) is 0.214. The van der Waals surface area contributed by atoms with E-state index in [0.717, 1.165) is 23.4 Å². The van der Waals surface area contributed by atoms with Crippen LogP contribution in [0.25, 0.3) is 11.0 Å². The molecule has 3 N–H and O–H groups in total. The fourth-order valence-corrected chi connectivity index (χ4v) is 2.34. The molecule has 6 heteroatoms. The number of nitrogens with zero attached hydrogens (tertiary/aromatic N) is 4. The van der Waals surface area contributed by atoms with Gasteiger partial charge < -0.3 is 10.6 Å². The second-order valence-electron chi connectivity index (χ2n) is 4.57. The van der Waals surface area contributed by atoms with Crippen molar-refractivity contribution in [1.82, 2.24) is 20.2 Å². The smallest absolute Gasteiger partial charge is 0.224 e. The number of nitrogen functional groups attached to an aromatic ring is 1. The molecule has 3 aromatic rings. The van der Waals surface area contributed by atoms with Crippen LogP contribution in [0.2, 0.25) is 0 Å². The van der Waals surface area contributed by atoms with Crippen molar-refractivity contribution in [1.29, 1.82) is 0 Å². The molecule has 1 aromatic carbocycles. The number of rotatable bonds is 3. The second kappa shape index (κ2) is 4.80. The minimum absolute atomic E-state index is 0.240. The summed E-state index contributed by atoms with van der Waals surface area (Å²) in [5.74, 6) is 1.02. The van der Waals surface area contributed by atoms with Crippen LogP contribution in [0, 0.1) is 6.92 Å². The Morgan fingerprint density at radius 3 is 2.80 bits per heavy atom. The van der Waals surface area contributed by atoms with Crippen molar-refractivity contribution in [3.8, 4) is 0 Å². The van der Waals surface area contributed by atoms with Crippen LogP contribution in [0.15, 0.2) is 30.5 Å². The maximum atomic E-state index is 5.80. The summed E-state index contributed by atoms with van der Waals surface area (Å²) in [6, 6.07) is 8.19. The molecule has 0 spiro atoms. The van der Waals surface area contributed by atoms with Gasteiger partial charge in [-0.3, -0.25) is 5.10 Å². The van der Waals surface area contributed by atoms with Crippen molar-refractivity contribution in [2.24, 2.45) is 0 Å². The van der Waals surface area contributed by atoms with E-state index in [4.69, 9.17) is 5.73 Å². The Kier molecular flexibility index (Phi) is 2.98. The molecule has 0 aliphatic heterocycles. The molecule has 0 amide bonds. The van der Waals surface area contributed by atoms with E-state index >= 15 is 0 Å². The Bertz CT molecular complexity index is 748. The van der Waals surface area contributed by atoms with Crippen molar-refractivity contribution in [2.75, 3.05) is 17.2 Å². The van der Waals surface area contributed by atoms with Crippen molar-refractivity contribution in [3.05, 3.63) is 36.0 Å². The lowest BCUT2D eigenvalue weighted by Gasteiger charge is -2.24. The third kappa shape index (κ3) is 1.95. The first kappa shape index (κ1) is 12.4. The number of benzene rings is 1. The van der Waals surface area contributed by atoms with Gasteiger partial charge in [0.15, 0.2) is 5.65 Å². The van der Waals surface area contributed by atoms with Crippen LogP contribution in [0.4, 0.5) is 17.5 Å². The molecule has 0 radical (unpaired) electrons. The van der Waals surface area contributed by atoms with Gasteiger partial charge in [-0.15, -0.1) is 0 Å². The Labute approximate surface area is 116 Å². The quantitative estimate of drug-likeness (QED) is 0.762. The summed E-state index contributed by atoms with van der Waals surface area (Å²) in [4.78, 5) is 10.7. The molecule has 0 saturated carbocycles. The highest BCUT2D eigenvalue weighted by Gasteiger charge is 2.16. The Balaban J connectivity index is 2.22. The zero-order valence-electron chi connectivity index (χ0n) is 11.5. The Hall–Kier alpha value is -2.63. The molecule has 0 fully saturated rings. The SMILES string of the molecule is CCN(c1ccccc1C)c1nc(N)nc2[nH]ncc12. The van der Waals surface area contributed by atoms with E-state index in [1.165, 1.54) is 5.56 Å². The lowest BCUT2D eigenvalue weighted by atomic mass is 10.1. The van der Waals surface area contributed by atoms with Crippen LogP contribution in [0.3, 0.4) is 0 Å². The van der Waals surface area contributed by atoms with E-state index < -0.39 is 0 Å². The number of anilines is 3. The highest BCUT2D eigenvalue weighted by Crippen LogP contribution is 2.31. The van der Waals surface area contributed by atoms with Gasteiger partial charge in [-0.25, -0.2) is 0 Å². The first-order valence-corrected chi connectivity index (χ1v) is 6.50. The molecule has 3 rings (SSSR count). The number of hydrogen-bond acceptors (Lipinski definition) is 5. The summed E-state index contributed by atoms with van der Waals surface area (Å²) in [7, 11) is 0. The van der Waals surface area contributed by atoms with E-state index in [-0.39, 0.29) is 5.95 Å². The van der Waals surface area contributed by atoms with Crippen LogP contribution < -0.4 is 10.6 Å². The van der Waals surface area contributed by atoms with Crippen LogP contribution >= 0.6 is 0 Å². The predicted octanol–water partition coefficient (Wildman–Crippen LogP) is 2.40. The van der Waals surface area contributed by atoms with Gasteiger partial charge in [0.2, 0.25) is 5.95 Å². The monoisotopic (exact) mass is 268 g/mol. The largest absolute Gasteiger partial charge is 0.368 e. The number of fused-ring (bicyclic) bond motifs is 1. The summed E-state index contributed by atoms with van der Waals surface area (Å²) in [6.07, 6.45) is 1.73. The minimum atomic E-state index is 0.240. The van der Waals surface area contributed by atoms with Gasteiger partial charge in [0.05, 0.1) is 11.6 Å². The lowest BCUT2D eigenvalue weighted by molar-refractivity contribution is 0.986. The molecule has 0 atom stereocenters. The van der Waals surface area contributed by atoms with Gasteiger partial charge in [-0.2, -0.15) is 15.1 Å². The van der Waals surface area contributed by atoms with Crippen molar-refractivity contribution in [3.63, 3.8) is 0 Å². The van der Waals surface area contributed by atoms with Gasteiger partial charge in [0.25, 0.3) is 0 Å². The molecule has 102 valence electrons. The first-order chi connectivity index (χ1) is 9.70. The predicted molar refractivity (Wildman–Crippen MR) is 80.0 cm³/mol. The van der Waals surface area contributed by atoms with Gasteiger partial charge in [0, 0.05) is 12.2 Å². The normalized spacial score (nSPS) is 10.9. The maximum Gasteiger partial charge on any atom is 0.224 e. The summed E-state index contributed by atoms with van der Waals surface area (Å²) >= 11 is 0. The number of nitrogens with one attached hydrogen (secondary N) is 1. The molecule has 2 aromatic heterocycles. The van der Waals surface area contributed by atoms with E-state index in [9.17, 15) is 0 Å². The molecule has 0 aliphatic carbocycles. The Morgan fingerprint density at radius 1 is 1.25 bits per heavy atom. The molecule has 0 saturated heterocycles. The minimum Gasteiger partial charge on any atom is -0.368 e. The summed E-state index contributed by atoms with van der Waals surface area (Å²) < 4.78 is 0. The second-order valence-corrected chi connectivity index (χ2v) is 4.57. The Morgan fingerprint density at radius 2 is 2.05 bits per heavy atom. The average molecular weight is 268 g/mol. The first-order valence-electron chi connectivity index (χ1n) is 6.50. The molecule has 0 unspecified atom stereocenters. The van der Waals surface area contributed by atoms with Crippen molar-refractivity contribution >= 4 is 28.5 Å². The maximum absolute atomic E-state index is 5.80. The number of H-pyrrole nitrogens is 1. The molecular weight excluding hydrogens is 252 g/mol.